The van der Waals surface area contributed by atoms with E-state index >= 15 is 0 Å². The van der Waals surface area contributed by atoms with Gasteiger partial charge in [-0.15, -0.1) is 0 Å². The molecule has 2 aromatic heterocycles. The highest BCUT2D eigenvalue weighted by molar-refractivity contribution is 9.09. The van der Waals surface area contributed by atoms with Crippen molar-refractivity contribution in [3.8, 4) is 0 Å². The zero-order valence-electron chi connectivity index (χ0n) is 6.87. The Morgan fingerprint density at radius 2 is 2.46 bits per heavy atom. The average molecular weight is 238 g/mol. The first-order chi connectivity index (χ1) is 6.42. The fraction of sp³-hybridized carbons (Fsp3) is 0.111. The van der Waals surface area contributed by atoms with Gasteiger partial charge in [0.25, 0.3) is 0 Å². The Labute approximate surface area is 84.0 Å². The van der Waals surface area contributed by atoms with Crippen molar-refractivity contribution in [2.45, 2.75) is 0 Å². The standard InChI is InChI=1S/C9H8BrN3/c10-5-1-4-8-7-3-2-6-11-9(7)13-12-8/h1-4,6H,5H2,(H,11,12,13). The number of allylic oxidation sites excluding steroid dienone is 1. The maximum Gasteiger partial charge on any atom is 0.181 e. The SMILES string of the molecule is BrCC=Cc1[nH]nc2ncccc12. The Kier molecular flexibility index (Phi) is 2.40. The van der Waals surface area contributed by atoms with Crippen LogP contribution in [0.2, 0.25) is 0 Å². The van der Waals surface area contributed by atoms with Crippen molar-refractivity contribution in [3.05, 3.63) is 30.1 Å². The molecule has 66 valence electrons. The second-order valence-electron chi connectivity index (χ2n) is 2.57. The monoisotopic (exact) mass is 237 g/mol. The van der Waals surface area contributed by atoms with Crippen LogP contribution in [0, 0.1) is 0 Å². The number of aromatic amines is 1. The summed E-state index contributed by atoms with van der Waals surface area (Å²) < 4.78 is 0. The molecule has 0 aliphatic heterocycles. The minimum absolute atomic E-state index is 0.761. The first-order valence-electron chi connectivity index (χ1n) is 3.93. The molecule has 3 nitrogen and oxygen atoms in total. The van der Waals surface area contributed by atoms with Gasteiger partial charge in [-0.1, -0.05) is 22.0 Å². The molecule has 2 heterocycles. The summed E-state index contributed by atoms with van der Waals surface area (Å²) in [5, 5.41) is 8.89. The van der Waals surface area contributed by atoms with Crippen LogP contribution in [0.3, 0.4) is 0 Å². The molecule has 0 saturated heterocycles. The van der Waals surface area contributed by atoms with Gasteiger partial charge in [-0.2, -0.15) is 5.10 Å². The molecule has 0 aromatic carbocycles. The van der Waals surface area contributed by atoms with E-state index in [-0.39, 0.29) is 0 Å². The fourth-order valence-corrected chi connectivity index (χ4v) is 1.35. The van der Waals surface area contributed by atoms with E-state index in [2.05, 4.69) is 31.1 Å². The molecule has 1 N–H and O–H groups in total. The lowest BCUT2D eigenvalue weighted by Gasteiger charge is -1.87. The summed E-state index contributed by atoms with van der Waals surface area (Å²) in [7, 11) is 0. The molecule has 0 atom stereocenters. The van der Waals surface area contributed by atoms with Crippen LogP contribution in [0.25, 0.3) is 17.1 Å². The number of hydrogen-bond acceptors (Lipinski definition) is 2. The van der Waals surface area contributed by atoms with Crippen LogP contribution in [0.15, 0.2) is 24.4 Å². The van der Waals surface area contributed by atoms with E-state index < -0.39 is 0 Å². The number of fused-ring (bicyclic) bond motifs is 1. The van der Waals surface area contributed by atoms with Crippen LogP contribution < -0.4 is 0 Å². The lowest BCUT2D eigenvalue weighted by atomic mass is 10.2. The fourth-order valence-electron chi connectivity index (χ4n) is 1.16. The Balaban J connectivity index is 2.52. The summed E-state index contributed by atoms with van der Waals surface area (Å²) >= 11 is 3.32. The van der Waals surface area contributed by atoms with Gasteiger partial charge in [0.15, 0.2) is 5.65 Å². The zero-order valence-corrected chi connectivity index (χ0v) is 8.45. The van der Waals surface area contributed by atoms with Crippen molar-refractivity contribution in [2.75, 3.05) is 5.33 Å². The highest BCUT2D eigenvalue weighted by Crippen LogP contribution is 2.13. The molecule has 4 heteroatoms. The van der Waals surface area contributed by atoms with Gasteiger partial charge in [-0.3, -0.25) is 5.10 Å². The number of nitrogens with zero attached hydrogens (tertiary/aromatic N) is 2. The van der Waals surface area contributed by atoms with Crippen LogP contribution in [0.1, 0.15) is 5.69 Å². The molecule has 0 spiro atoms. The maximum absolute atomic E-state index is 4.12. The van der Waals surface area contributed by atoms with E-state index in [0.717, 1.165) is 22.1 Å². The zero-order chi connectivity index (χ0) is 9.10. The number of pyridine rings is 1. The van der Waals surface area contributed by atoms with Gasteiger partial charge < -0.3 is 0 Å². The lowest BCUT2D eigenvalue weighted by molar-refractivity contribution is 1.09. The van der Waals surface area contributed by atoms with Gasteiger partial charge in [0.2, 0.25) is 0 Å². The van der Waals surface area contributed by atoms with E-state index in [1.807, 2.05) is 24.3 Å². The van der Waals surface area contributed by atoms with Crippen LogP contribution in [-0.4, -0.2) is 20.5 Å². The first kappa shape index (κ1) is 8.44. The largest absolute Gasteiger partial charge is 0.276 e. The summed E-state index contributed by atoms with van der Waals surface area (Å²) in [6, 6.07) is 3.91. The summed E-state index contributed by atoms with van der Waals surface area (Å²) in [4.78, 5) is 4.12. The Morgan fingerprint density at radius 1 is 1.54 bits per heavy atom. The number of H-pyrrole nitrogens is 1. The molecule has 0 unspecified atom stereocenters. The van der Waals surface area contributed by atoms with E-state index in [4.69, 9.17) is 0 Å². The summed E-state index contributed by atoms with van der Waals surface area (Å²) in [5.74, 6) is 0. The van der Waals surface area contributed by atoms with Crippen molar-refractivity contribution in [1.82, 2.24) is 15.2 Å². The molecule has 0 amide bonds. The molecular formula is C9H8BrN3. The van der Waals surface area contributed by atoms with Crippen LogP contribution in [0.4, 0.5) is 0 Å². The van der Waals surface area contributed by atoms with Crippen LogP contribution in [-0.2, 0) is 0 Å². The molecule has 0 aliphatic carbocycles. The predicted octanol–water partition coefficient (Wildman–Crippen LogP) is 2.37. The maximum atomic E-state index is 4.12. The number of alkyl halides is 1. The third-order valence-corrected chi connectivity index (χ3v) is 2.11. The third-order valence-electron chi connectivity index (χ3n) is 1.73. The van der Waals surface area contributed by atoms with Crippen molar-refractivity contribution in [3.63, 3.8) is 0 Å². The van der Waals surface area contributed by atoms with E-state index in [1.54, 1.807) is 6.20 Å². The van der Waals surface area contributed by atoms with Gasteiger partial charge in [-0.25, -0.2) is 4.98 Å². The molecular weight excluding hydrogens is 230 g/mol. The number of aromatic nitrogens is 3. The molecule has 0 fully saturated rings. The number of rotatable bonds is 2. The van der Waals surface area contributed by atoms with Crippen LogP contribution >= 0.6 is 15.9 Å². The molecule has 0 radical (unpaired) electrons. The van der Waals surface area contributed by atoms with Crippen molar-refractivity contribution < 1.29 is 0 Å². The van der Waals surface area contributed by atoms with Crippen molar-refractivity contribution >= 4 is 33.0 Å². The molecule has 13 heavy (non-hydrogen) atoms. The molecule has 2 rings (SSSR count). The Hall–Kier alpha value is -1.16. The Morgan fingerprint density at radius 3 is 3.31 bits per heavy atom. The summed E-state index contributed by atoms with van der Waals surface area (Å²) in [6.07, 6.45) is 5.74. The smallest absolute Gasteiger partial charge is 0.181 e. The van der Waals surface area contributed by atoms with Gasteiger partial charge >= 0.3 is 0 Å². The second kappa shape index (κ2) is 3.70. The first-order valence-corrected chi connectivity index (χ1v) is 5.05. The number of nitrogens with one attached hydrogen (secondary N) is 1. The molecule has 0 bridgehead atoms. The average Bonchev–Trinajstić information content (AvgIpc) is 2.58. The molecule has 0 saturated carbocycles. The third kappa shape index (κ3) is 1.62. The summed E-state index contributed by atoms with van der Waals surface area (Å²) in [6.45, 7) is 0. The molecule has 0 aliphatic rings. The minimum Gasteiger partial charge on any atom is -0.276 e. The van der Waals surface area contributed by atoms with Gasteiger partial charge in [-0.05, 0) is 18.2 Å². The van der Waals surface area contributed by atoms with E-state index in [0.29, 0.717) is 0 Å². The van der Waals surface area contributed by atoms with Crippen molar-refractivity contribution in [2.24, 2.45) is 0 Å². The second-order valence-corrected chi connectivity index (χ2v) is 3.22. The molecule has 2 aromatic rings. The summed E-state index contributed by atoms with van der Waals surface area (Å²) in [5.41, 5.74) is 1.76. The highest BCUT2D eigenvalue weighted by atomic mass is 79.9. The van der Waals surface area contributed by atoms with Crippen molar-refractivity contribution in [1.29, 1.82) is 0 Å². The van der Waals surface area contributed by atoms with Gasteiger partial charge in [0.1, 0.15) is 0 Å². The van der Waals surface area contributed by atoms with E-state index in [1.165, 1.54) is 0 Å². The van der Waals surface area contributed by atoms with E-state index in [9.17, 15) is 0 Å². The number of halogens is 1. The highest BCUT2D eigenvalue weighted by Gasteiger charge is 2.00. The Bertz CT molecular complexity index is 433. The minimum atomic E-state index is 0.761. The number of hydrogen-bond donors (Lipinski definition) is 1. The van der Waals surface area contributed by atoms with Crippen LogP contribution in [0.5, 0.6) is 0 Å². The topological polar surface area (TPSA) is 41.6 Å². The predicted molar refractivity (Wildman–Crippen MR) is 56.7 cm³/mol. The van der Waals surface area contributed by atoms with Gasteiger partial charge in [0.05, 0.1) is 5.69 Å². The normalized spacial score (nSPS) is 11.5. The van der Waals surface area contributed by atoms with Gasteiger partial charge in [0, 0.05) is 16.9 Å². The quantitative estimate of drug-likeness (QED) is 0.816. The lowest BCUT2D eigenvalue weighted by Crippen LogP contribution is -1.73.